The SMILES string of the molecule is CNC(C)(CO)CCCN1CCCC(N(C)C)C1. The number of aliphatic hydroxyl groups excluding tert-OH is 1. The summed E-state index contributed by atoms with van der Waals surface area (Å²) in [6.45, 7) is 5.89. The lowest BCUT2D eigenvalue weighted by Crippen LogP contribution is -2.47. The van der Waals surface area contributed by atoms with Crippen LogP contribution in [-0.2, 0) is 0 Å². The lowest BCUT2D eigenvalue weighted by molar-refractivity contribution is 0.122. The lowest BCUT2D eigenvalue weighted by Gasteiger charge is -2.36. The maximum Gasteiger partial charge on any atom is 0.0610 e. The molecule has 4 heteroatoms. The molecule has 0 aromatic heterocycles. The highest BCUT2D eigenvalue weighted by Gasteiger charge is 2.23. The Morgan fingerprint density at radius 2 is 2.17 bits per heavy atom. The second-order valence-electron chi connectivity index (χ2n) is 6.13. The molecular formula is C14H31N3O. The van der Waals surface area contributed by atoms with Crippen molar-refractivity contribution in [3.05, 3.63) is 0 Å². The molecule has 0 saturated carbocycles. The van der Waals surface area contributed by atoms with Crippen LogP contribution in [0.15, 0.2) is 0 Å². The number of nitrogens with one attached hydrogen (secondary N) is 1. The van der Waals surface area contributed by atoms with Gasteiger partial charge in [-0.2, -0.15) is 0 Å². The number of likely N-dealkylation sites (tertiary alicyclic amines) is 1. The maximum atomic E-state index is 9.35. The van der Waals surface area contributed by atoms with E-state index in [1.807, 2.05) is 7.05 Å². The van der Waals surface area contributed by atoms with E-state index < -0.39 is 0 Å². The highest BCUT2D eigenvalue weighted by Crippen LogP contribution is 2.16. The average molecular weight is 257 g/mol. The minimum atomic E-state index is -0.114. The van der Waals surface area contributed by atoms with Gasteiger partial charge in [-0.25, -0.2) is 0 Å². The van der Waals surface area contributed by atoms with Crippen molar-refractivity contribution in [2.45, 2.75) is 44.2 Å². The van der Waals surface area contributed by atoms with E-state index >= 15 is 0 Å². The summed E-state index contributed by atoms with van der Waals surface area (Å²) in [6.07, 6.45) is 4.82. The number of rotatable bonds is 7. The van der Waals surface area contributed by atoms with E-state index in [4.69, 9.17) is 0 Å². The molecule has 4 nitrogen and oxygen atoms in total. The van der Waals surface area contributed by atoms with E-state index in [9.17, 15) is 5.11 Å². The molecule has 0 radical (unpaired) electrons. The van der Waals surface area contributed by atoms with Gasteiger partial charge in [0.2, 0.25) is 0 Å². The van der Waals surface area contributed by atoms with E-state index in [1.165, 1.54) is 25.9 Å². The molecule has 1 heterocycles. The summed E-state index contributed by atoms with van der Waals surface area (Å²) in [5.74, 6) is 0. The van der Waals surface area contributed by atoms with Gasteiger partial charge in [0.1, 0.15) is 0 Å². The van der Waals surface area contributed by atoms with Crippen molar-refractivity contribution in [3.8, 4) is 0 Å². The molecule has 0 aromatic carbocycles. The van der Waals surface area contributed by atoms with Crippen LogP contribution in [0.3, 0.4) is 0 Å². The summed E-state index contributed by atoms with van der Waals surface area (Å²) in [5.41, 5.74) is -0.114. The largest absolute Gasteiger partial charge is 0.394 e. The van der Waals surface area contributed by atoms with Crippen LogP contribution in [0.5, 0.6) is 0 Å². The third kappa shape index (κ3) is 4.84. The quantitative estimate of drug-likeness (QED) is 0.706. The van der Waals surface area contributed by atoms with Crippen molar-refractivity contribution in [1.29, 1.82) is 0 Å². The third-order valence-electron chi connectivity index (χ3n) is 4.37. The lowest BCUT2D eigenvalue weighted by atomic mass is 9.96. The summed E-state index contributed by atoms with van der Waals surface area (Å²) >= 11 is 0. The van der Waals surface area contributed by atoms with Gasteiger partial charge in [-0.05, 0) is 66.8 Å². The monoisotopic (exact) mass is 257 g/mol. The highest BCUT2D eigenvalue weighted by molar-refractivity contribution is 4.82. The number of hydrogen-bond donors (Lipinski definition) is 2. The summed E-state index contributed by atoms with van der Waals surface area (Å²) in [6, 6.07) is 0.715. The molecule has 0 amide bonds. The fraction of sp³-hybridized carbons (Fsp3) is 1.00. The maximum absolute atomic E-state index is 9.35. The minimum absolute atomic E-state index is 0.114. The van der Waals surface area contributed by atoms with Crippen LogP contribution in [0, 0.1) is 0 Å². The van der Waals surface area contributed by atoms with Crippen LogP contribution in [0.1, 0.15) is 32.6 Å². The Balaban J connectivity index is 2.27. The Morgan fingerprint density at radius 1 is 1.44 bits per heavy atom. The smallest absolute Gasteiger partial charge is 0.0610 e. The van der Waals surface area contributed by atoms with Crippen LogP contribution >= 0.6 is 0 Å². The Kier molecular flexibility index (Phi) is 6.57. The van der Waals surface area contributed by atoms with E-state index in [-0.39, 0.29) is 12.1 Å². The minimum Gasteiger partial charge on any atom is -0.394 e. The summed E-state index contributed by atoms with van der Waals surface area (Å²) in [4.78, 5) is 4.92. The van der Waals surface area contributed by atoms with Gasteiger partial charge in [0.05, 0.1) is 6.61 Å². The highest BCUT2D eigenvalue weighted by atomic mass is 16.3. The number of aliphatic hydroxyl groups is 1. The first-order valence-corrected chi connectivity index (χ1v) is 7.19. The molecule has 0 bridgehead atoms. The van der Waals surface area contributed by atoms with Crippen LogP contribution in [0.4, 0.5) is 0 Å². The molecule has 1 fully saturated rings. The fourth-order valence-corrected chi connectivity index (χ4v) is 2.63. The van der Waals surface area contributed by atoms with Crippen molar-refractivity contribution in [2.75, 3.05) is 47.4 Å². The van der Waals surface area contributed by atoms with Crippen LogP contribution in [0.2, 0.25) is 0 Å². The van der Waals surface area contributed by atoms with Gasteiger partial charge in [-0.1, -0.05) is 0 Å². The number of nitrogens with zero attached hydrogens (tertiary/aromatic N) is 2. The van der Waals surface area contributed by atoms with Crippen molar-refractivity contribution in [3.63, 3.8) is 0 Å². The Hall–Kier alpha value is -0.160. The molecule has 2 atom stereocenters. The second kappa shape index (κ2) is 7.43. The Bertz CT molecular complexity index is 229. The van der Waals surface area contributed by atoms with Crippen molar-refractivity contribution < 1.29 is 5.11 Å². The third-order valence-corrected chi connectivity index (χ3v) is 4.37. The molecule has 1 aliphatic heterocycles. The molecule has 0 aromatic rings. The first kappa shape index (κ1) is 15.9. The Labute approximate surface area is 112 Å². The number of hydrogen-bond acceptors (Lipinski definition) is 4. The normalized spacial score (nSPS) is 25.3. The molecule has 1 rings (SSSR count). The number of likely N-dealkylation sites (N-methyl/N-ethyl adjacent to an activating group) is 2. The van der Waals surface area contributed by atoms with Crippen LogP contribution in [0.25, 0.3) is 0 Å². The first-order valence-electron chi connectivity index (χ1n) is 7.19. The van der Waals surface area contributed by atoms with Gasteiger partial charge in [-0.3, -0.25) is 0 Å². The van der Waals surface area contributed by atoms with Gasteiger partial charge < -0.3 is 20.2 Å². The predicted molar refractivity (Wildman–Crippen MR) is 76.9 cm³/mol. The van der Waals surface area contributed by atoms with E-state index in [1.54, 1.807) is 0 Å². The summed E-state index contributed by atoms with van der Waals surface area (Å²) < 4.78 is 0. The standard InChI is InChI=1S/C14H31N3O/c1-14(12-18,15-2)8-6-10-17-9-5-7-13(11-17)16(3)4/h13,15,18H,5-12H2,1-4H3. The van der Waals surface area contributed by atoms with Crippen molar-refractivity contribution >= 4 is 0 Å². The van der Waals surface area contributed by atoms with Crippen LogP contribution < -0.4 is 5.32 Å². The van der Waals surface area contributed by atoms with Gasteiger partial charge in [-0.15, -0.1) is 0 Å². The zero-order chi connectivity index (χ0) is 13.6. The molecule has 0 spiro atoms. The van der Waals surface area contributed by atoms with Gasteiger partial charge in [0, 0.05) is 18.1 Å². The zero-order valence-electron chi connectivity index (χ0n) is 12.6. The van der Waals surface area contributed by atoms with E-state index in [0.717, 1.165) is 19.4 Å². The average Bonchev–Trinajstić information content (AvgIpc) is 2.39. The van der Waals surface area contributed by atoms with Gasteiger partial charge >= 0.3 is 0 Å². The molecule has 108 valence electrons. The first-order chi connectivity index (χ1) is 8.50. The fourth-order valence-electron chi connectivity index (χ4n) is 2.63. The van der Waals surface area contributed by atoms with Crippen LogP contribution in [-0.4, -0.2) is 73.9 Å². The van der Waals surface area contributed by atoms with E-state index in [0.29, 0.717) is 6.04 Å². The Morgan fingerprint density at radius 3 is 2.72 bits per heavy atom. The van der Waals surface area contributed by atoms with Gasteiger partial charge in [0.15, 0.2) is 0 Å². The van der Waals surface area contributed by atoms with Gasteiger partial charge in [0.25, 0.3) is 0 Å². The molecule has 1 saturated heterocycles. The molecule has 2 N–H and O–H groups in total. The molecule has 1 aliphatic rings. The van der Waals surface area contributed by atoms with Crippen molar-refractivity contribution in [1.82, 2.24) is 15.1 Å². The molecule has 18 heavy (non-hydrogen) atoms. The second-order valence-corrected chi connectivity index (χ2v) is 6.13. The molecule has 0 aliphatic carbocycles. The molecular weight excluding hydrogens is 226 g/mol. The summed E-state index contributed by atoms with van der Waals surface area (Å²) in [5, 5.41) is 12.6. The van der Waals surface area contributed by atoms with E-state index in [2.05, 4.69) is 36.1 Å². The van der Waals surface area contributed by atoms with Crippen molar-refractivity contribution in [2.24, 2.45) is 0 Å². The summed E-state index contributed by atoms with van der Waals surface area (Å²) in [7, 11) is 6.29. The zero-order valence-corrected chi connectivity index (χ0v) is 12.6. The topological polar surface area (TPSA) is 38.7 Å². The number of piperidine rings is 1. The predicted octanol–water partition coefficient (Wildman–Crippen LogP) is 0.763. The molecule has 2 unspecified atom stereocenters.